The van der Waals surface area contributed by atoms with Crippen LogP contribution in [0.15, 0.2) is 41.4 Å². The smallest absolute Gasteiger partial charge is 0.355 e. The number of hydrogen-bond acceptors (Lipinski definition) is 5. The lowest BCUT2D eigenvalue weighted by Gasteiger charge is -2.16. The van der Waals surface area contributed by atoms with E-state index in [4.69, 9.17) is 16.3 Å². The van der Waals surface area contributed by atoms with Gasteiger partial charge in [0, 0.05) is 26.0 Å². The van der Waals surface area contributed by atoms with E-state index in [-0.39, 0.29) is 21.3 Å². The van der Waals surface area contributed by atoms with Crippen LogP contribution in [0.25, 0.3) is 0 Å². The van der Waals surface area contributed by atoms with E-state index in [1.54, 1.807) is 12.3 Å². The van der Waals surface area contributed by atoms with Crippen LogP contribution in [0, 0.1) is 0 Å². The second-order valence-electron chi connectivity index (χ2n) is 5.55. The summed E-state index contributed by atoms with van der Waals surface area (Å²) >= 11 is 5.96. The Bertz CT molecular complexity index is 910. The van der Waals surface area contributed by atoms with Crippen LogP contribution in [0.3, 0.4) is 0 Å². The van der Waals surface area contributed by atoms with E-state index in [1.165, 1.54) is 45.3 Å². The predicted octanol–water partition coefficient (Wildman–Crippen LogP) is 2.10. The number of esters is 1. The summed E-state index contributed by atoms with van der Waals surface area (Å²) in [5.41, 5.74) is 0.429. The lowest BCUT2D eigenvalue weighted by molar-refractivity contribution is -0.123. The number of H-pyrrole nitrogens is 1. The van der Waals surface area contributed by atoms with E-state index >= 15 is 0 Å². The van der Waals surface area contributed by atoms with Gasteiger partial charge in [-0.15, -0.1) is 0 Å². The first-order valence-corrected chi connectivity index (χ1v) is 9.32. The van der Waals surface area contributed by atoms with Crippen LogP contribution >= 0.6 is 11.6 Å². The zero-order valence-electron chi connectivity index (χ0n) is 14.3. The summed E-state index contributed by atoms with van der Waals surface area (Å²) in [6.07, 6.45) is 0.470. The van der Waals surface area contributed by atoms with E-state index < -0.39 is 28.0 Å². The van der Waals surface area contributed by atoms with Crippen molar-refractivity contribution >= 4 is 39.2 Å². The van der Waals surface area contributed by atoms with E-state index in [1.807, 2.05) is 0 Å². The number of benzene rings is 1. The van der Waals surface area contributed by atoms with Crippen molar-refractivity contribution < 1.29 is 22.7 Å². The average Bonchev–Trinajstić information content (AvgIpc) is 3.10. The molecule has 0 aliphatic heterocycles. The van der Waals surface area contributed by atoms with Crippen molar-refractivity contribution in [2.75, 3.05) is 19.4 Å². The maximum absolute atomic E-state index is 12.3. The number of sulfonamides is 1. The Morgan fingerprint density at radius 3 is 2.54 bits per heavy atom. The highest BCUT2D eigenvalue weighted by molar-refractivity contribution is 7.89. The first-order valence-electron chi connectivity index (χ1n) is 7.50. The Hall–Kier alpha value is -2.36. The zero-order chi connectivity index (χ0) is 19.5. The van der Waals surface area contributed by atoms with Crippen molar-refractivity contribution in [1.82, 2.24) is 9.29 Å². The van der Waals surface area contributed by atoms with Crippen molar-refractivity contribution in [2.45, 2.75) is 17.9 Å². The van der Waals surface area contributed by atoms with Crippen LogP contribution < -0.4 is 5.32 Å². The van der Waals surface area contributed by atoms with Gasteiger partial charge in [0.25, 0.3) is 5.91 Å². The van der Waals surface area contributed by atoms with E-state index in [0.29, 0.717) is 0 Å². The van der Waals surface area contributed by atoms with Gasteiger partial charge in [0.05, 0.1) is 5.02 Å². The van der Waals surface area contributed by atoms with Crippen molar-refractivity contribution in [3.8, 4) is 0 Å². The molecule has 0 fully saturated rings. The molecule has 1 aromatic carbocycles. The molecular formula is C16H18ClN3O5S. The van der Waals surface area contributed by atoms with Crippen molar-refractivity contribution in [3.05, 3.63) is 47.2 Å². The van der Waals surface area contributed by atoms with Crippen molar-refractivity contribution in [1.29, 1.82) is 0 Å². The summed E-state index contributed by atoms with van der Waals surface area (Å²) in [7, 11) is -1.03. The van der Waals surface area contributed by atoms with Gasteiger partial charge in [-0.2, -0.15) is 0 Å². The van der Waals surface area contributed by atoms with Crippen LogP contribution in [0.1, 0.15) is 17.4 Å². The lowest BCUT2D eigenvalue weighted by atomic mass is 10.3. The molecule has 0 saturated carbocycles. The SMILES string of the molecule is C[C@@H](OC(=O)c1ccc[nH]1)C(=O)Nc1ccc(Cl)c(S(=O)(=O)N(C)C)c1. The third kappa shape index (κ3) is 4.43. The van der Waals surface area contributed by atoms with Crippen LogP contribution in [-0.2, 0) is 19.6 Å². The fraction of sp³-hybridized carbons (Fsp3) is 0.250. The molecule has 10 heteroatoms. The van der Waals surface area contributed by atoms with Gasteiger partial charge in [-0.05, 0) is 37.3 Å². The molecular weight excluding hydrogens is 382 g/mol. The minimum absolute atomic E-state index is 0.0305. The number of anilines is 1. The molecule has 0 bridgehead atoms. The molecule has 8 nitrogen and oxygen atoms in total. The molecule has 140 valence electrons. The summed E-state index contributed by atoms with van der Waals surface area (Å²) < 4.78 is 30.6. The van der Waals surface area contributed by atoms with Gasteiger partial charge in [0.2, 0.25) is 10.0 Å². The molecule has 1 atom stereocenters. The number of carbonyl (C=O) groups is 2. The van der Waals surface area contributed by atoms with Gasteiger partial charge in [-0.3, -0.25) is 4.79 Å². The summed E-state index contributed by atoms with van der Waals surface area (Å²) in [6, 6.07) is 7.21. The van der Waals surface area contributed by atoms with Crippen LogP contribution in [0.4, 0.5) is 5.69 Å². The fourth-order valence-corrected chi connectivity index (χ4v) is 3.35. The van der Waals surface area contributed by atoms with Gasteiger partial charge >= 0.3 is 5.97 Å². The quantitative estimate of drug-likeness (QED) is 0.723. The van der Waals surface area contributed by atoms with Crippen LogP contribution in [0.5, 0.6) is 0 Å². The first kappa shape index (κ1) is 20.0. The second-order valence-corrected chi connectivity index (χ2v) is 8.08. The topological polar surface area (TPSA) is 109 Å². The largest absolute Gasteiger partial charge is 0.448 e. The highest BCUT2D eigenvalue weighted by atomic mass is 35.5. The number of halogens is 1. The van der Waals surface area contributed by atoms with Gasteiger partial charge in [0.1, 0.15) is 10.6 Å². The lowest BCUT2D eigenvalue weighted by Crippen LogP contribution is -2.30. The molecule has 0 saturated heterocycles. The van der Waals surface area contributed by atoms with Crippen LogP contribution in [-0.4, -0.2) is 49.8 Å². The molecule has 1 amide bonds. The zero-order valence-corrected chi connectivity index (χ0v) is 15.9. The first-order chi connectivity index (χ1) is 12.1. The normalized spacial score (nSPS) is 12.7. The molecule has 0 aliphatic carbocycles. The molecule has 0 spiro atoms. The molecule has 2 N–H and O–H groups in total. The minimum Gasteiger partial charge on any atom is -0.448 e. The Morgan fingerprint density at radius 1 is 1.27 bits per heavy atom. The molecule has 1 aromatic heterocycles. The van der Waals surface area contributed by atoms with Crippen molar-refractivity contribution in [3.63, 3.8) is 0 Å². The highest BCUT2D eigenvalue weighted by Gasteiger charge is 2.23. The maximum atomic E-state index is 12.3. The van der Waals surface area contributed by atoms with E-state index in [2.05, 4.69) is 10.3 Å². The van der Waals surface area contributed by atoms with Gasteiger partial charge in [-0.1, -0.05) is 11.6 Å². The third-order valence-corrected chi connectivity index (χ3v) is 5.72. The number of aromatic nitrogens is 1. The Morgan fingerprint density at radius 2 is 1.96 bits per heavy atom. The fourth-order valence-electron chi connectivity index (χ4n) is 1.95. The molecule has 0 unspecified atom stereocenters. The average molecular weight is 400 g/mol. The minimum atomic E-state index is -3.77. The predicted molar refractivity (Wildman–Crippen MR) is 96.6 cm³/mol. The molecule has 0 radical (unpaired) electrons. The standard InChI is InChI=1S/C16H18ClN3O5S/c1-10(25-16(22)13-5-4-8-18-13)15(21)19-11-6-7-12(17)14(9-11)26(23,24)20(2)3/h4-10,18H,1-3H3,(H,19,21)/t10-/m1/s1. The summed E-state index contributed by atoms with van der Waals surface area (Å²) in [6.45, 7) is 1.41. The number of hydrogen-bond donors (Lipinski definition) is 2. The molecule has 26 heavy (non-hydrogen) atoms. The second kappa shape index (κ2) is 7.90. The molecule has 2 aromatic rings. The van der Waals surface area contributed by atoms with Crippen molar-refractivity contribution in [2.24, 2.45) is 0 Å². The van der Waals surface area contributed by atoms with Gasteiger partial charge < -0.3 is 15.0 Å². The number of nitrogens with one attached hydrogen (secondary N) is 2. The number of aromatic amines is 1. The Kier molecular flexibility index (Phi) is 6.06. The van der Waals surface area contributed by atoms with E-state index in [0.717, 1.165) is 4.31 Å². The molecule has 1 heterocycles. The number of ether oxygens (including phenoxy) is 1. The molecule has 0 aliphatic rings. The molecule has 2 rings (SSSR count). The summed E-state index contributed by atoms with van der Waals surface area (Å²) in [5.74, 6) is -1.29. The summed E-state index contributed by atoms with van der Waals surface area (Å²) in [5, 5.41) is 2.53. The Balaban J connectivity index is 2.13. The Labute approximate surface area is 156 Å². The summed E-state index contributed by atoms with van der Waals surface area (Å²) in [4.78, 5) is 26.6. The van der Waals surface area contributed by atoms with Gasteiger partial charge in [-0.25, -0.2) is 17.5 Å². The monoisotopic (exact) mass is 399 g/mol. The number of nitrogens with zero attached hydrogens (tertiary/aromatic N) is 1. The maximum Gasteiger partial charge on any atom is 0.355 e. The number of carbonyl (C=O) groups excluding carboxylic acids is 2. The van der Waals surface area contributed by atoms with E-state index in [9.17, 15) is 18.0 Å². The third-order valence-electron chi connectivity index (χ3n) is 3.43. The number of rotatable bonds is 6. The van der Waals surface area contributed by atoms with Crippen LogP contribution in [0.2, 0.25) is 5.02 Å². The highest BCUT2D eigenvalue weighted by Crippen LogP contribution is 2.27. The van der Waals surface area contributed by atoms with Gasteiger partial charge in [0.15, 0.2) is 6.10 Å². The number of amides is 1.